The Hall–Kier alpha value is -2.39. The maximum absolute atomic E-state index is 6.49. The largest absolute Gasteiger partial charge is 0.490 e. The van der Waals surface area contributed by atoms with Gasteiger partial charge in [0.15, 0.2) is 0 Å². The third-order valence-corrected chi connectivity index (χ3v) is 5.55. The van der Waals surface area contributed by atoms with Gasteiger partial charge in [0.2, 0.25) is 0 Å². The highest BCUT2D eigenvalue weighted by molar-refractivity contribution is 5.82. The van der Waals surface area contributed by atoms with E-state index in [4.69, 9.17) is 10.5 Å². The molecule has 1 aliphatic rings. The molecule has 1 saturated carbocycles. The summed E-state index contributed by atoms with van der Waals surface area (Å²) in [5.41, 5.74) is 7.83. The maximum atomic E-state index is 6.49. The standard InChI is InChI=1S/C23H26N2O/c24-23(14-17-4-2-1-3-5-17)18-6-9-21(10-7-18)26-22-11-8-20-16-25-13-12-19(20)15-22/h1-5,8,11-13,15-16,18,21,23H,6-7,9-10,14,24H2/t18-,21+,23?. The molecule has 0 aliphatic heterocycles. The molecule has 2 N–H and O–H groups in total. The molecule has 1 heterocycles. The van der Waals surface area contributed by atoms with Crippen LogP contribution in [0.2, 0.25) is 0 Å². The number of hydrogen-bond donors (Lipinski definition) is 1. The van der Waals surface area contributed by atoms with E-state index in [1.807, 2.05) is 18.5 Å². The third kappa shape index (κ3) is 4.05. The van der Waals surface area contributed by atoms with Crippen LogP contribution in [0, 0.1) is 5.92 Å². The summed E-state index contributed by atoms with van der Waals surface area (Å²) in [5.74, 6) is 1.55. The Kier molecular flexibility index (Phi) is 5.16. The maximum Gasteiger partial charge on any atom is 0.120 e. The molecule has 3 aromatic rings. The van der Waals surface area contributed by atoms with Crippen molar-refractivity contribution in [2.75, 3.05) is 0 Å². The van der Waals surface area contributed by atoms with E-state index in [9.17, 15) is 0 Å². The van der Waals surface area contributed by atoms with E-state index in [1.54, 1.807) is 0 Å². The zero-order valence-electron chi connectivity index (χ0n) is 15.1. The Morgan fingerprint density at radius 2 is 1.77 bits per heavy atom. The second kappa shape index (κ2) is 7.88. The van der Waals surface area contributed by atoms with E-state index in [0.29, 0.717) is 12.0 Å². The Bertz CT molecular complexity index is 841. The molecule has 134 valence electrons. The van der Waals surface area contributed by atoms with Gasteiger partial charge in [-0.25, -0.2) is 0 Å². The summed E-state index contributed by atoms with van der Waals surface area (Å²) in [6.45, 7) is 0. The molecule has 0 bridgehead atoms. The number of pyridine rings is 1. The molecule has 3 nitrogen and oxygen atoms in total. The summed E-state index contributed by atoms with van der Waals surface area (Å²) >= 11 is 0. The van der Waals surface area contributed by atoms with Crippen LogP contribution in [-0.4, -0.2) is 17.1 Å². The summed E-state index contributed by atoms with van der Waals surface area (Å²) < 4.78 is 6.25. The summed E-state index contributed by atoms with van der Waals surface area (Å²) in [5, 5.41) is 2.33. The lowest BCUT2D eigenvalue weighted by atomic mass is 9.81. The SMILES string of the molecule is NC(Cc1ccccc1)[C@H]1CC[C@@H](Oc2ccc3cnccc3c2)CC1. The van der Waals surface area contributed by atoms with E-state index >= 15 is 0 Å². The van der Waals surface area contributed by atoms with Crippen molar-refractivity contribution in [3.8, 4) is 5.75 Å². The highest BCUT2D eigenvalue weighted by Crippen LogP contribution is 2.31. The van der Waals surface area contributed by atoms with Crippen molar-refractivity contribution in [3.05, 3.63) is 72.6 Å². The molecule has 0 amide bonds. The van der Waals surface area contributed by atoms with Gasteiger partial charge in [0.1, 0.15) is 5.75 Å². The van der Waals surface area contributed by atoms with Crippen LogP contribution >= 0.6 is 0 Å². The van der Waals surface area contributed by atoms with Crippen molar-refractivity contribution in [2.24, 2.45) is 11.7 Å². The molecule has 1 atom stereocenters. The van der Waals surface area contributed by atoms with E-state index < -0.39 is 0 Å². The molecule has 26 heavy (non-hydrogen) atoms. The van der Waals surface area contributed by atoms with Gasteiger partial charge in [-0.2, -0.15) is 0 Å². The highest BCUT2D eigenvalue weighted by Gasteiger charge is 2.26. The van der Waals surface area contributed by atoms with Crippen molar-refractivity contribution in [1.29, 1.82) is 0 Å². The van der Waals surface area contributed by atoms with Crippen molar-refractivity contribution in [1.82, 2.24) is 4.98 Å². The topological polar surface area (TPSA) is 48.1 Å². The summed E-state index contributed by atoms with van der Waals surface area (Å²) in [7, 11) is 0. The van der Waals surface area contributed by atoms with Gasteiger partial charge in [0, 0.05) is 23.8 Å². The highest BCUT2D eigenvalue weighted by atomic mass is 16.5. The molecule has 1 fully saturated rings. The first kappa shape index (κ1) is 17.0. The van der Waals surface area contributed by atoms with Crippen molar-refractivity contribution < 1.29 is 4.74 Å². The van der Waals surface area contributed by atoms with Gasteiger partial charge in [0.05, 0.1) is 6.10 Å². The molecule has 1 unspecified atom stereocenters. The number of hydrogen-bond acceptors (Lipinski definition) is 3. The number of benzene rings is 2. The summed E-state index contributed by atoms with van der Waals surface area (Å²) in [6.07, 6.45) is 9.45. The molecule has 1 aromatic heterocycles. The molecule has 2 aromatic carbocycles. The molecular weight excluding hydrogens is 320 g/mol. The molecule has 1 aliphatic carbocycles. The molecule has 3 heteroatoms. The van der Waals surface area contributed by atoms with E-state index in [-0.39, 0.29) is 6.04 Å². The lowest BCUT2D eigenvalue weighted by Gasteiger charge is -2.32. The number of rotatable bonds is 5. The number of ether oxygens (including phenoxy) is 1. The van der Waals surface area contributed by atoms with Gasteiger partial charge >= 0.3 is 0 Å². The van der Waals surface area contributed by atoms with Crippen molar-refractivity contribution in [2.45, 2.75) is 44.2 Å². The van der Waals surface area contributed by atoms with Crippen LogP contribution in [-0.2, 0) is 6.42 Å². The Morgan fingerprint density at radius 1 is 0.962 bits per heavy atom. The van der Waals surface area contributed by atoms with Crippen LogP contribution in [0.3, 0.4) is 0 Å². The fourth-order valence-corrected chi connectivity index (χ4v) is 4.01. The second-order valence-corrected chi connectivity index (χ2v) is 7.39. The first-order valence-electron chi connectivity index (χ1n) is 9.58. The van der Waals surface area contributed by atoms with Crippen molar-refractivity contribution in [3.63, 3.8) is 0 Å². The van der Waals surface area contributed by atoms with Gasteiger partial charge in [-0.3, -0.25) is 4.98 Å². The lowest BCUT2D eigenvalue weighted by molar-refractivity contribution is 0.123. The van der Waals surface area contributed by atoms with Crippen molar-refractivity contribution >= 4 is 10.8 Å². The van der Waals surface area contributed by atoms with Gasteiger partial charge in [-0.15, -0.1) is 0 Å². The van der Waals surface area contributed by atoms with Crippen LogP contribution in [0.25, 0.3) is 10.8 Å². The first-order valence-corrected chi connectivity index (χ1v) is 9.58. The zero-order valence-corrected chi connectivity index (χ0v) is 15.1. The number of nitrogens with zero attached hydrogens (tertiary/aromatic N) is 1. The fraction of sp³-hybridized carbons (Fsp3) is 0.348. The minimum atomic E-state index is 0.242. The number of nitrogens with two attached hydrogens (primary N) is 1. The van der Waals surface area contributed by atoms with Crippen LogP contribution < -0.4 is 10.5 Å². The van der Waals surface area contributed by atoms with E-state index in [0.717, 1.165) is 43.2 Å². The van der Waals surface area contributed by atoms with Crippen LogP contribution in [0.5, 0.6) is 5.75 Å². The monoisotopic (exact) mass is 346 g/mol. The smallest absolute Gasteiger partial charge is 0.120 e. The number of aromatic nitrogens is 1. The van der Waals surface area contributed by atoms with E-state index in [1.165, 1.54) is 10.9 Å². The lowest BCUT2D eigenvalue weighted by Crippen LogP contribution is -2.37. The molecule has 0 saturated heterocycles. The molecule has 0 radical (unpaired) electrons. The minimum absolute atomic E-state index is 0.242. The fourth-order valence-electron chi connectivity index (χ4n) is 4.01. The van der Waals surface area contributed by atoms with Crippen LogP contribution in [0.15, 0.2) is 67.0 Å². The Labute approximate surface area is 155 Å². The quantitative estimate of drug-likeness (QED) is 0.726. The predicted octanol–water partition coefficient (Wildman–Crippen LogP) is 4.74. The van der Waals surface area contributed by atoms with E-state index in [2.05, 4.69) is 53.5 Å². The van der Waals surface area contributed by atoms with Gasteiger partial charge < -0.3 is 10.5 Å². The zero-order chi connectivity index (χ0) is 17.8. The summed E-state index contributed by atoms with van der Waals surface area (Å²) in [6, 6.07) is 19.1. The Morgan fingerprint density at radius 3 is 2.58 bits per heavy atom. The normalized spacial score (nSPS) is 21.4. The van der Waals surface area contributed by atoms with Gasteiger partial charge in [0.25, 0.3) is 0 Å². The van der Waals surface area contributed by atoms with Crippen LogP contribution in [0.1, 0.15) is 31.2 Å². The average molecular weight is 346 g/mol. The van der Waals surface area contributed by atoms with Crippen LogP contribution in [0.4, 0.5) is 0 Å². The van der Waals surface area contributed by atoms with Gasteiger partial charge in [-0.05, 0) is 73.2 Å². The first-order chi connectivity index (χ1) is 12.8. The van der Waals surface area contributed by atoms with Gasteiger partial charge in [-0.1, -0.05) is 30.3 Å². The molecule has 0 spiro atoms. The minimum Gasteiger partial charge on any atom is -0.490 e. The molecule has 4 rings (SSSR count). The Balaban J connectivity index is 1.31. The second-order valence-electron chi connectivity index (χ2n) is 7.39. The third-order valence-electron chi connectivity index (χ3n) is 5.55. The number of fused-ring (bicyclic) bond motifs is 1. The predicted molar refractivity (Wildman–Crippen MR) is 106 cm³/mol. The summed E-state index contributed by atoms with van der Waals surface area (Å²) in [4.78, 5) is 4.16. The average Bonchev–Trinajstić information content (AvgIpc) is 2.69. The molecular formula is C23H26N2O.